The number of phenolic OH excluding ortho intramolecular Hbond substituents is 1. The zero-order valence-electron chi connectivity index (χ0n) is 19.4. The fourth-order valence-electron chi connectivity index (χ4n) is 3.67. The van der Waals surface area contributed by atoms with Crippen LogP contribution < -0.4 is 4.74 Å². The van der Waals surface area contributed by atoms with Crippen molar-refractivity contribution in [3.05, 3.63) is 129 Å². The van der Waals surface area contributed by atoms with Gasteiger partial charge in [-0.3, -0.25) is 0 Å². The minimum absolute atomic E-state index is 0. The van der Waals surface area contributed by atoms with Gasteiger partial charge < -0.3 is 9.84 Å². The topological polar surface area (TPSA) is 29.5 Å². The third kappa shape index (κ3) is 9.16. The van der Waals surface area contributed by atoms with Crippen LogP contribution in [-0.4, -0.2) is 17.0 Å². The summed E-state index contributed by atoms with van der Waals surface area (Å²) in [4.78, 5) is 0. The largest absolute Gasteiger partial charge is 2.00 e. The molecule has 2 fully saturated rings. The van der Waals surface area contributed by atoms with Gasteiger partial charge >= 0.3 is 19.5 Å². The molecule has 10 radical (unpaired) electrons. The van der Waals surface area contributed by atoms with Crippen LogP contribution in [0.5, 0.6) is 11.5 Å². The van der Waals surface area contributed by atoms with Crippen LogP contribution >= 0.6 is 15.9 Å². The molecule has 0 unspecified atom stereocenters. The van der Waals surface area contributed by atoms with Gasteiger partial charge in [-0.25, -0.2) is 0 Å². The Kier molecular flexibility index (Phi) is 14.2. The number of aromatic hydroxyl groups is 1. The average Bonchev–Trinajstić information content (AvgIpc) is 3.59. The fraction of sp³-hybridized carbons (Fsp3) is 0.200. The van der Waals surface area contributed by atoms with Gasteiger partial charge in [0.25, 0.3) is 0 Å². The molecule has 0 amide bonds. The van der Waals surface area contributed by atoms with Crippen LogP contribution in [0, 0.1) is 63.7 Å². The Morgan fingerprint density at radius 2 is 1.29 bits per heavy atom. The molecule has 2 saturated carbocycles. The number of hydrogen-bond donors (Lipinski definition) is 1. The van der Waals surface area contributed by atoms with Crippen LogP contribution in [0.2, 0.25) is 0 Å². The number of benzene rings is 2. The smallest absolute Gasteiger partial charge is 0.508 e. The molecule has 1 N–H and O–H groups in total. The van der Waals surface area contributed by atoms with E-state index in [0.29, 0.717) is 0 Å². The minimum atomic E-state index is 0. The number of ether oxygens (including phenoxy) is 1. The van der Waals surface area contributed by atoms with Gasteiger partial charge in [-0.15, -0.1) is 0 Å². The van der Waals surface area contributed by atoms with Crippen LogP contribution in [0.25, 0.3) is 5.57 Å². The van der Waals surface area contributed by atoms with Gasteiger partial charge in [-0.05, 0) is 118 Å². The van der Waals surface area contributed by atoms with Crippen LogP contribution in [0.3, 0.4) is 0 Å². The van der Waals surface area contributed by atoms with E-state index in [1.807, 2.05) is 56.4 Å². The normalized spacial score (nSPS) is 16.3. The summed E-state index contributed by atoms with van der Waals surface area (Å²) in [7, 11) is 0. The Balaban J connectivity index is 0.000000603. The van der Waals surface area contributed by atoms with Gasteiger partial charge in [0.1, 0.15) is 11.5 Å². The molecule has 0 saturated heterocycles. The van der Waals surface area contributed by atoms with E-state index >= 15 is 0 Å². The molecule has 2 aromatic carbocycles. The SMILES string of the molecule is CC/C([C]1[CH][CH][CH][CH]1)=C(\c1ccc(O)cc1)c1ccc(OCCCCBr)cc1.[CH]1[CH][CH][CH][CH]1.[Ru+2]. The molecular weight excluding hydrogens is 573 g/mol. The third-order valence-electron chi connectivity index (χ3n) is 5.32. The molecule has 4 rings (SSSR count). The van der Waals surface area contributed by atoms with Crippen molar-refractivity contribution in [2.45, 2.75) is 26.2 Å². The Bertz CT molecular complexity index is 828. The molecule has 2 nitrogen and oxygen atoms in total. The van der Waals surface area contributed by atoms with E-state index in [-0.39, 0.29) is 25.2 Å². The number of rotatable bonds is 9. The molecule has 0 aliphatic heterocycles. The summed E-state index contributed by atoms with van der Waals surface area (Å²) in [6.45, 7) is 2.92. The van der Waals surface area contributed by atoms with Crippen LogP contribution in [0.1, 0.15) is 37.3 Å². The predicted octanol–water partition coefficient (Wildman–Crippen LogP) is 7.58. The number of alkyl halides is 1. The quantitative estimate of drug-likeness (QED) is 0.182. The van der Waals surface area contributed by atoms with Crippen LogP contribution in [0.15, 0.2) is 54.1 Å². The molecule has 34 heavy (non-hydrogen) atoms. The van der Waals surface area contributed by atoms with Gasteiger partial charge in [0.15, 0.2) is 0 Å². The molecule has 2 aliphatic rings. The average molecular weight is 605 g/mol. The second-order valence-corrected chi connectivity index (χ2v) is 8.45. The van der Waals surface area contributed by atoms with Gasteiger partial charge in [-0.1, -0.05) is 52.7 Å². The Hall–Kier alpha value is -1.12. The summed E-state index contributed by atoms with van der Waals surface area (Å²) < 4.78 is 5.85. The van der Waals surface area contributed by atoms with Crippen LogP contribution in [0.4, 0.5) is 0 Å². The summed E-state index contributed by atoms with van der Waals surface area (Å²) in [5, 5.41) is 10.7. The van der Waals surface area contributed by atoms with E-state index in [0.717, 1.165) is 48.1 Å². The number of halogens is 1. The second-order valence-electron chi connectivity index (χ2n) is 7.66. The maximum atomic E-state index is 9.71. The van der Waals surface area contributed by atoms with Crippen molar-refractivity contribution in [2.24, 2.45) is 0 Å². The van der Waals surface area contributed by atoms with Crippen molar-refractivity contribution >= 4 is 21.5 Å². The molecular formula is C30H31BrO2Ru+2. The van der Waals surface area contributed by atoms with Gasteiger partial charge in [0, 0.05) is 11.2 Å². The van der Waals surface area contributed by atoms with Crippen molar-refractivity contribution in [2.75, 3.05) is 11.9 Å². The van der Waals surface area contributed by atoms with E-state index in [1.165, 1.54) is 17.1 Å². The van der Waals surface area contributed by atoms with E-state index in [2.05, 4.69) is 60.7 Å². The molecule has 2 aromatic rings. The molecule has 2 aliphatic carbocycles. The van der Waals surface area contributed by atoms with Crippen molar-refractivity contribution in [1.82, 2.24) is 0 Å². The molecule has 4 heteroatoms. The van der Waals surface area contributed by atoms with Crippen molar-refractivity contribution in [3.63, 3.8) is 0 Å². The number of phenols is 1. The summed E-state index contributed by atoms with van der Waals surface area (Å²) >= 11 is 3.45. The Morgan fingerprint density at radius 1 is 0.765 bits per heavy atom. The first-order valence-electron chi connectivity index (χ1n) is 11.4. The maximum Gasteiger partial charge on any atom is 2.00 e. The first kappa shape index (κ1) is 29.1. The van der Waals surface area contributed by atoms with Gasteiger partial charge in [-0.2, -0.15) is 0 Å². The van der Waals surface area contributed by atoms with Crippen molar-refractivity contribution < 1.29 is 29.3 Å². The van der Waals surface area contributed by atoms with Crippen molar-refractivity contribution in [3.8, 4) is 11.5 Å². The standard InChI is InChI=1S/C25H26BrO2.C5H5.Ru/c1-2-24(19-7-3-4-8-19)25(20-9-13-22(27)14-10-20)21-11-15-23(16-12-21)28-18-6-5-17-26;1-2-4-5-3-1;/h3-4,7-16,27H,2,5-6,17-18H2,1H3;1-5H;/q;;+2/b25-24-;;. The summed E-state index contributed by atoms with van der Waals surface area (Å²) in [6.07, 6.45) is 21.5. The molecule has 0 heterocycles. The number of hydrogen-bond acceptors (Lipinski definition) is 2. The monoisotopic (exact) mass is 604 g/mol. The molecule has 0 bridgehead atoms. The maximum absolute atomic E-state index is 9.71. The summed E-state index contributed by atoms with van der Waals surface area (Å²) in [5.41, 5.74) is 4.74. The van der Waals surface area contributed by atoms with E-state index in [1.54, 1.807) is 12.1 Å². The Morgan fingerprint density at radius 3 is 1.79 bits per heavy atom. The molecule has 176 valence electrons. The summed E-state index contributed by atoms with van der Waals surface area (Å²) in [5.74, 6) is 2.41. The van der Waals surface area contributed by atoms with Crippen LogP contribution in [-0.2, 0) is 19.5 Å². The molecule has 0 atom stereocenters. The first-order valence-corrected chi connectivity index (χ1v) is 12.6. The van der Waals surface area contributed by atoms with E-state index < -0.39 is 0 Å². The minimum Gasteiger partial charge on any atom is -0.508 e. The fourth-order valence-corrected chi connectivity index (χ4v) is 4.07. The van der Waals surface area contributed by atoms with Gasteiger partial charge in [0.2, 0.25) is 0 Å². The first-order chi connectivity index (χ1) is 16.2. The van der Waals surface area contributed by atoms with E-state index in [9.17, 15) is 5.11 Å². The van der Waals surface area contributed by atoms with Crippen molar-refractivity contribution in [1.29, 1.82) is 0 Å². The summed E-state index contributed by atoms with van der Waals surface area (Å²) in [6, 6.07) is 15.8. The predicted molar refractivity (Wildman–Crippen MR) is 141 cm³/mol. The second kappa shape index (κ2) is 16.5. The zero-order valence-corrected chi connectivity index (χ0v) is 22.8. The molecule has 0 aromatic heterocycles. The van der Waals surface area contributed by atoms with Gasteiger partial charge in [0.05, 0.1) is 6.61 Å². The third-order valence-corrected chi connectivity index (χ3v) is 5.88. The number of allylic oxidation sites excluding steroid dienone is 1. The number of unbranched alkanes of at least 4 members (excludes halogenated alkanes) is 1. The molecule has 0 spiro atoms. The Labute approximate surface area is 228 Å². The zero-order chi connectivity index (χ0) is 23.3. The van der Waals surface area contributed by atoms with E-state index in [4.69, 9.17) is 4.74 Å².